The number of carbonyl (C=O) groups excluding carboxylic acids is 1. The largest absolute Gasteiger partial charge is 0.324 e. The van der Waals surface area contributed by atoms with E-state index < -0.39 is 10.0 Å². The first kappa shape index (κ1) is 18.8. The van der Waals surface area contributed by atoms with Crippen molar-refractivity contribution in [3.05, 3.63) is 47.5 Å². The molecule has 142 valence electrons. The van der Waals surface area contributed by atoms with Crippen molar-refractivity contribution in [1.82, 2.24) is 19.6 Å². The van der Waals surface area contributed by atoms with Crippen molar-refractivity contribution in [2.45, 2.75) is 26.7 Å². The first-order valence-electron chi connectivity index (χ1n) is 8.27. The average molecular weight is 388 g/mol. The SMILES string of the molecule is Cc1nc2ncnn2c(C)c1CCC(=O)Nc1ccccc1NS(C)(=O)=O. The summed E-state index contributed by atoms with van der Waals surface area (Å²) >= 11 is 0. The Morgan fingerprint density at radius 3 is 2.59 bits per heavy atom. The molecule has 3 aromatic rings. The van der Waals surface area contributed by atoms with E-state index >= 15 is 0 Å². The molecule has 0 unspecified atom stereocenters. The summed E-state index contributed by atoms with van der Waals surface area (Å²) in [6.07, 6.45) is 3.20. The normalized spacial score (nSPS) is 11.5. The Balaban J connectivity index is 1.73. The summed E-state index contributed by atoms with van der Waals surface area (Å²) in [4.78, 5) is 20.9. The van der Waals surface area contributed by atoms with E-state index in [9.17, 15) is 13.2 Å². The summed E-state index contributed by atoms with van der Waals surface area (Å²) in [6, 6.07) is 6.65. The van der Waals surface area contributed by atoms with Crippen molar-refractivity contribution in [3.63, 3.8) is 0 Å². The van der Waals surface area contributed by atoms with E-state index in [0.717, 1.165) is 23.2 Å². The van der Waals surface area contributed by atoms with E-state index in [1.165, 1.54) is 6.33 Å². The van der Waals surface area contributed by atoms with Crippen LogP contribution in [0.4, 0.5) is 11.4 Å². The maximum absolute atomic E-state index is 12.4. The summed E-state index contributed by atoms with van der Waals surface area (Å²) in [7, 11) is -3.44. The Morgan fingerprint density at radius 1 is 1.19 bits per heavy atom. The van der Waals surface area contributed by atoms with Gasteiger partial charge in [-0.05, 0) is 38.0 Å². The van der Waals surface area contributed by atoms with Crippen LogP contribution in [0, 0.1) is 13.8 Å². The van der Waals surface area contributed by atoms with E-state index in [-0.39, 0.29) is 12.3 Å². The molecule has 10 heteroatoms. The number of anilines is 2. The van der Waals surface area contributed by atoms with Crippen molar-refractivity contribution < 1.29 is 13.2 Å². The van der Waals surface area contributed by atoms with E-state index in [1.807, 2.05) is 13.8 Å². The zero-order chi connectivity index (χ0) is 19.6. The predicted molar refractivity (Wildman–Crippen MR) is 102 cm³/mol. The average Bonchev–Trinajstić information content (AvgIpc) is 3.03. The molecule has 0 saturated heterocycles. The van der Waals surface area contributed by atoms with E-state index in [1.54, 1.807) is 28.8 Å². The van der Waals surface area contributed by atoms with Crippen LogP contribution >= 0.6 is 0 Å². The molecule has 2 heterocycles. The number of hydrogen-bond donors (Lipinski definition) is 2. The number of nitrogens with zero attached hydrogens (tertiary/aromatic N) is 4. The van der Waals surface area contributed by atoms with Gasteiger partial charge in [-0.3, -0.25) is 9.52 Å². The molecule has 0 bridgehead atoms. The van der Waals surface area contributed by atoms with Crippen LogP contribution < -0.4 is 10.0 Å². The lowest BCUT2D eigenvalue weighted by molar-refractivity contribution is -0.116. The number of fused-ring (bicyclic) bond motifs is 1. The molecule has 0 aliphatic rings. The zero-order valence-corrected chi connectivity index (χ0v) is 16.0. The van der Waals surface area contributed by atoms with Gasteiger partial charge >= 0.3 is 0 Å². The molecule has 0 spiro atoms. The van der Waals surface area contributed by atoms with Crippen LogP contribution in [0.2, 0.25) is 0 Å². The first-order chi connectivity index (χ1) is 12.7. The number of hydrogen-bond acceptors (Lipinski definition) is 6. The molecule has 0 atom stereocenters. The fourth-order valence-electron chi connectivity index (χ4n) is 2.85. The van der Waals surface area contributed by atoms with Crippen molar-refractivity contribution in [3.8, 4) is 0 Å². The van der Waals surface area contributed by atoms with Gasteiger partial charge in [0.2, 0.25) is 15.9 Å². The molecule has 1 amide bonds. The fourth-order valence-corrected chi connectivity index (χ4v) is 3.43. The second-order valence-electron chi connectivity index (χ2n) is 6.20. The maximum atomic E-state index is 12.4. The highest BCUT2D eigenvalue weighted by atomic mass is 32.2. The van der Waals surface area contributed by atoms with E-state index in [2.05, 4.69) is 25.1 Å². The Morgan fingerprint density at radius 2 is 1.89 bits per heavy atom. The highest BCUT2D eigenvalue weighted by Crippen LogP contribution is 2.22. The Bertz CT molecular complexity index is 1110. The fraction of sp³-hybridized carbons (Fsp3) is 0.294. The van der Waals surface area contributed by atoms with Gasteiger partial charge in [0.1, 0.15) is 6.33 Å². The second-order valence-corrected chi connectivity index (χ2v) is 7.95. The Kier molecular flexibility index (Phi) is 5.08. The number of carbonyl (C=O) groups is 1. The summed E-state index contributed by atoms with van der Waals surface area (Å²) in [5.41, 5.74) is 3.37. The Labute approximate surface area is 156 Å². The standard InChI is InChI=1S/C17H20N6O3S/c1-11-13(12(2)23-17(20-11)18-10-19-23)8-9-16(24)21-14-6-4-5-7-15(14)22-27(3,25)26/h4-7,10,22H,8-9H2,1-3H3,(H,21,24). The summed E-state index contributed by atoms with van der Waals surface area (Å²) in [5, 5.41) is 6.89. The van der Waals surface area contributed by atoms with Gasteiger partial charge in [-0.2, -0.15) is 10.1 Å². The number of nitrogens with one attached hydrogen (secondary N) is 2. The maximum Gasteiger partial charge on any atom is 0.252 e. The number of para-hydroxylation sites is 2. The van der Waals surface area contributed by atoms with Crippen LogP contribution in [0.1, 0.15) is 23.4 Å². The number of sulfonamides is 1. The monoisotopic (exact) mass is 388 g/mol. The molecule has 0 fully saturated rings. The van der Waals surface area contributed by atoms with Crippen LogP contribution in [0.5, 0.6) is 0 Å². The molecule has 27 heavy (non-hydrogen) atoms. The summed E-state index contributed by atoms with van der Waals surface area (Å²) in [5.74, 6) is 0.300. The number of amides is 1. The smallest absolute Gasteiger partial charge is 0.252 e. The van der Waals surface area contributed by atoms with E-state index in [4.69, 9.17) is 0 Å². The zero-order valence-electron chi connectivity index (χ0n) is 15.2. The summed E-state index contributed by atoms with van der Waals surface area (Å²) in [6.45, 7) is 3.79. The van der Waals surface area contributed by atoms with Gasteiger partial charge in [0.15, 0.2) is 0 Å². The van der Waals surface area contributed by atoms with Gasteiger partial charge in [-0.1, -0.05) is 12.1 Å². The molecule has 2 N–H and O–H groups in total. The highest BCUT2D eigenvalue weighted by Gasteiger charge is 2.14. The van der Waals surface area contributed by atoms with Gasteiger partial charge in [0.05, 0.1) is 17.6 Å². The van der Waals surface area contributed by atoms with Crippen LogP contribution in [-0.4, -0.2) is 40.2 Å². The van der Waals surface area contributed by atoms with Gasteiger partial charge in [-0.15, -0.1) is 0 Å². The minimum Gasteiger partial charge on any atom is -0.324 e. The van der Waals surface area contributed by atoms with Crippen LogP contribution in [0.3, 0.4) is 0 Å². The molecule has 1 aromatic carbocycles. The quantitative estimate of drug-likeness (QED) is 0.663. The van der Waals surface area contributed by atoms with Gasteiger partial charge in [0.25, 0.3) is 5.78 Å². The molecule has 0 aliphatic heterocycles. The lowest BCUT2D eigenvalue weighted by Crippen LogP contribution is -2.17. The summed E-state index contributed by atoms with van der Waals surface area (Å²) < 4.78 is 27.0. The van der Waals surface area contributed by atoms with Gasteiger partial charge < -0.3 is 5.32 Å². The van der Waals surface area contributed by atoms with Crippen molar-refractivity contribution in [2.24, 2.45) is 0 Å². The third-order valence-electron chi connectivity index (χ3n) is 4.09. The van der Waals surface area contributed by atoms with Gasteiger partial charge in [0, 0.05) is 17.8 Å². The number of rotatable bonds is 6. The number of aryl methyl sites for hydroxylation is 2. The van der Waals surface area contributed by atoms with Gasteiger partial charge in [-0.25, -0.2) is 17.9 Å². The molecule has 0 saturated carbocycles. The third kappa shape index (κ3) is 4.40. The molecular weight excluding hydrogens is 368 g/mol. The van der Waals surface area contributed by atoms with Crippen molar-refractivity contribution >= 4 is 33.1 Å². The topological polar surface area (TPSA) is 118 Å². The molecular formula is C17H20N6O3S. The van der Waals surface area contributed by atoms with Crippen molar-refractivity contribution in [1.29, 1.82) is 0 Å². The van der Waals surface area contributed by atoms with Crippen LogP contribution in [0.15, 0.2) is 30.6 Å². The van der Waals surface area contributed by atoms with Crippen LogP contribution in [0.25, 0.3) is 5.78 Å². The lowest BCUT2D eigenvalue weighted by Gasteiger charge is -2.13. The molecule has 0 aliphatic carbocycles. The molecule has 9 nitrogen and oxygen atoms in total. The number of benzene rings is 1. The second kappa shape index (κ2) is 7.31. The van der Waals surface area contributed by atoms with Crippen molar-refractivity contribution in [2.75, 3.05) is 16.3 Å². The molecule has 0 radical (unpaired) electrons. The molecule has 3 rings (SSSR count). The lowest BCUT2D eigenvalue weighted by atomic mass is 10.1. The highest BCUT2D eigenvalue weighted by molar-refractivity contribution is 7.92. The third-order valence-corrected chi connectivity index (χ3v) is 4.68. The van der Waals surface area contributed by atoms with E-state index in [0.29, 0.717) is 23.6 Å². The number of aromatic nitrogens is 4. The van der Waals surface area contributed by atoms with Crippen LogP contribution in [-0.2, 0) is 21.2 Å². The Hall–Kier alpha value is -3.01. The minimum atomic E-state index is -3.44. The molecule has 2 aromatic heterocycles. The first-order valence-corrected chi connectivity index (χ1v) is 10.2. The minimum absolute atomic E-state index is 0.219. The predicted octanol–water partition coefficient (Wildman–Crippen LogP) is 1.68.